The first kappa shape index (κ1) is 30.5. The number of aryl methyl sites for hydroxylation is 1. The summed E-state index contributed by atoms with van der Waals surface area (Å²) in [5.41, 5.74) is 1.46. The molecule has 0 unspecified atom stereocenters. The maximum absolute atomic E-state index is 14.5. The normalized spacial score (nSPS) is 13.4. The fourth-order valence-corrected chi connectivity index (χ4v) is 4.69. The molecule has 0 bridgehead atoms. The molecule has 13 heteroatoms. The number of carbonyl (C=O) groups is 4. The van der Waals surface area contributed by atoms with Crippen molar-refractivity contribution in [1.82, 2.24) is 25.3 Å². The quantitative estimate of drug-likeness (QED) is 0.322. The van der Waals surface area contributed by atoms with Gasteiger partial charge in [-0.15, -0.1) is 0 Å². The van der Waals surface area contributed by atoms with Crippen LogP contribution in [0.4, 0.5) is 9.18 Å². The van der Waals surface area contributed by atoms with Crippen molar-refractivity contribution in [1.29, 1.82) is 0 Å². The number of hydrogen-bond acceptors (Lipinski definition) is 7. The molecule has 3 amide bonds. The van der Waals surface area contributed by atoms with Gasteiger partial charge in [0.1, 0.15) is 18.5 Å². The van der Waals surface area contributed by atoms with Crippen molar-refractivity contribution in [2.75, 3.05) is 26.2 Å². The van der Waals surface area contributed by atoms with E-state index in [0.717, 1.165) is 24.5 Å². The molecule has 1 aliphatic rings. The van der Waals surface area contributed by atoms with E-state index in [-0.39, 0.29) is 18.1 Å². The van der Waals surface area contributed by atoms with Gasteiger partial charge in [-0.2, -0.15) is 5.10 Å². The Bertz CT molecular complexity index is 1430. The lowest BCUT2D eigenvalue weighted by molar-refractivity contribution is -0.153. The first-order chi connectivity index (χ1) is 20.2. The Balaban J connectivity index is 1.43. The summed E-state index contributed by atoms with van der Waals surface area (Å²) in [7, 11) is 0. The number of carbonyl (C=O) groups excluding carboxylic acids is 4. The van der Waals surface area contributed by atoms with Crippen molar-refractivity contribution in [2.45, 2.75) is 39.0 Å². The largest absolute Gasteiger partial charge is 0.454 e. The van der Waals surface area contributed by atoms with E-state index in [1.54, 1.807) is 33.8 Å². The van der Waals surface area contributed by atoms with Crippen molar-refractivity contribution < 1.29 is 33.0 Å². The van der Waals surface area contributed by atoms with Gasteiger partial charge in [0.2, 0.25) is 0 Å². The summed E-state index contributed by atoms with van der Waals surface area (Å²) in [5, 5.41) is 9.33. The van der Waals surface area contributed by atoms with E-state index in [4.69, 9.17) is 21.1 Å². The molecule has 0 spiro atoms. The second-order valence-corrected chi connectivity index (χ2v) is 9.96. The number of nitrogens with zero attached hydrogens (tertiary/aromatic N) is 3. The Hall–Kier alpha value is -4.45. The summed E-state index contributed by atoms with van der Waals surface area (Å²) in [6, 6.07) is 11.2. The van der Waals surface area contributed by atoms with Crippen LogP contribution in [0.15, 0.2) is 54.7 Å². The molecule has 2 N–H and O–H groups in total. The molecule has 0 radical (unpaired) electrons. The van der Waals surface area contributed by atoms with Gasteiger partial charge < -0.3 is 25.0 Å². The van der Waals surface area contributed by atoms with Crippen molar-refractivity contribution in [2.24, 2.45) is 0 Å². The SMILES string of the molecule is CCn1ncc(Cl)c1-c1cc(F)cc(C(=O)NC[C@@H](NC(=O)OCc2ccccc2)C(=O)OCC(=O)N2CCCC2)c1. The molecule has 1 aliphatic heterocycles. The van der Waals surface area contributed by atoms with E-state index in [2.05, 4.69) is 15.7 Å². The van der Waals surface area contributed by atoms with Crippen LogP contribution in [0.3, 0.4) is 0 Å². The lowest BCUT2D eigenvalue weighted by Gasteiger charge is -2.20. The molecule has 1 fully saturated rings. The molecule has 1 saturated heterocycles. The Morgan fingerprint density at radius 3 is 2.52 bits per heavy atom. The Kier molecular flexibility index (Phi) is 10.5. The molecule has 222 valence electrons. The van der Waals surface area contributed by atoms with Crippen molar-refractivity contribution >= 4 is 35.5 Å². The van der Waals surface area contributed by atoms with Crippen LogP contribution in [0.5, 0.6) is 0 Å². The number of amides is 3. The number of rotatable bonds is 11. The van der Waals surface area contributed by atoms with E-state index >= 15 is 0 Å². The first-order valence-corrected chi connectivity index (χ1v) is 13.8. The molecule has 1 aromatic heterocycles. The van der Waals surface area contributed by atoms with Gasteiger partial charge in [-0.1, -0.05) is 41.9 Å². The molecule has 2 heterocycles. The van der Waals surface area contributed by atoms with Gasteiger partial charge in [-0.05, 0) is 43.5 Å². The van der Waals surface area contributed by atoms with Crippen LogP contribution < -0.4 is 10.6 Å². The predicted octanol–water partition coefficient (Wildman–Crippen LogP) is 3.55. The first-order valence-electron chi connectivity index (χ1n) is 13.5. The standard InChI is InChI=1S/C29H31ClFN5O6/c1-2-36-26(23(30)15-33-36)20-12-21(14-22(31)13-20)27(38)32-16-24(28(39)41-18-25(37)35-10-6-7-11-35)34-29(40)42-17-19-8-4-3-5-9-19/h3-5,8-9,12-15,24H,2,6-7,10-11,16-18H2,1H3,(H,32,38)(H,34,40)/t24-/m1/s1. The van der Waals surface area contributed by atoms with Crippen LogP contribution in [-0.4, -0.2) is 70.8 Å². The number of esters is 1. The third-order valence-electron chi connectivity index (χ3n) is 6.58. The van der Waals surface area contributed by atoms with Crippen LogP contribution in [0, 0.1) is 5.82 Å². The van der Waals surface area contributed by atoms with E-state index in [0.29, 0.717) is 35.9 Å². The molecule has 4 rings (SSSR count). The molecular weight excluding hydrogens is 569 g/mol. The lowest BCUT2D eigenvalue weighted by Crippen LogP contribution is -2.50. The highest BCUT2D eigenvalue weighted by molar-refractivity contribution is 6.33. The topological polar surface area (TPSA) is 132 Å². The van der Waals surface area contributed by atoms with Gasteiger partial charge in [0, 0.05) is 37.3 Å². The number of nitrogens with one attached hydrogen (secondary N) is 2. The molecule has 11 nitrogen and oxygen atoms in total. The highest BCUT2D eigenvalue weighted by Crippen LogP contribution is 2.29. The fourth-order valence-electron chi connectivity index (χ4n) is 4.44. The van der Waals surface area contributed by atoms with Crippen LogP contribution in [-0.2, 0) is 32.2 Å². The van der Waals surface area contributed by atoms with Crippen molar-refractivity contribution in [3.8, 4) is 11.3 Å². The maximum Gasteiger partial charge on any atom is 0.408 e. The number of ether oxygens (including phenoxy) is 2. The van der Waals surface area contributed by atoms with Crippen molar-refractivity contribution in [3.05, 3.63) is 76.7 Å². The monoisotopic (exact) mass is 599 g/mol. The molecule has 0 aliphatic carbocycles. The summed E-state index contributed by atoms with van der Waals surface area (Å²) in [6.07, 6.45) is 2.24. The minimum Gasteiger partial charge on any atom is -0.454 e. The Morgan fingerprint density at radius 1 is 1.07 bits per heavy atom. The summed E-state index contributed by atoms with van der Waals surface area (Å²) in [6.45, 7) is 2.49. The number of aromatic nitrogens is 2. The van der Waals surface area contributed by atoms with Gasteiger partial charge >= 0.3 is 12.1 Å². The van der Waals surface area contributed by atoms with E-state index in [1.165, 1.54) is 18.3 Å². The number of benzene rings is 2. The third-order valence-corrected chi connectivity index (χ3v) is 6.86. The van der Waals surface area contributed by atoms with Crippen LogP contribution in [0.25, 0.3) is 11.3 Å². The number of alkyl carbamates (subject to hydrolysis) is 1. The Labute approximate surface area is 246 Å². The summed E-state index contributed by atoms with van der Waals surface area (Å²) < 4.78 is 26.5. The number of likely N-dealkylation sites (tertiary alicyclic amines) is 1. The molecule has 3 aromatic rings. The molecular formula is C29H31ClFN5O6. The zero-order valence-corrected chi connectivity index (χ0v) is 23.7. The molecule has 42 heavy (non-hydrogen) atoms. The lowest BCUT2D eigenvalue weighted by atomic mass is 10.1. The predicted molar refractivity (Wildman–Crippen MR) is 151 cm³/mol. The molecule has 1 atom stereocenters. The minimum atomic E-state index is -1.40. The smallest absolute Gasteiger partial charge is 0.408 e. The molecule has 0 saturated carbocycles. The van der Waals surface area contributed by atoms with Gasteiger partial charge in [0.05, 0.1) is 16.9 Å². The number of hydrogen-bond donors (Lipinski definition) is 2. The fraction of sp³-hybridized carbons (Fsp3) is 0.345. The summed E-state index contributed by atoms with van der Waals surface area (Å²) >= 11 is 6.25. The van der Waals surface area contributed by atoms with Gasteiger partial charge in [0.15, 0.2) is 6.61 Å². The minimum absolute atomic E-state index is 0.0482. The van der Waals surface area contributed by atoms with Gasteiger partial charge in [0.25, 0.3) is 11.8 Å². The van der Waals surface area contributed by atoms with Crippen LogP contribution >= 0.6 is 11.6 Å². The summed E-state index contributed by atoms with van der Waals surface area (Å²) in [4.78, 5) is 52.4. The average molecular weight is 600 g/mol. The zero-order valence-electron chi connectivity index (χ0n) is 23.0. The highest BCUT2D eigenvalue weighted by Gasteiger charge is 2.27. The van der Waals surface area contributed by atoms with Crippen LogP contribution in [0.1, 0.15) is 35.7 Å². The number of halogens is 2. The zero-order chi connectivity index (χ0) is 30.1. The maximum atomic E-state index is 14.5. The molecule has 2 aromatic carbocycles. The van der Waals surface area contributed by atoms with Gasteiger partial charge in [-0.25, -0.2) is 14.0 Å². The van der Waals surface area contributed by atoms with E-state index < -0.39 is 43.0 Å². The highest BCUT2D eigenvalue weighted by atomic mass is 35.5. The van der Waals surface area contributed by atoms with Crippen LogP contribution in [0.2, 0.25) is 5.02 Å². The second kappa shape index (κ2) is 14.4. The summed E-state index contributed by atoms with van der Waals surface area (Å²) in [5.74, 6) is -2.71. The second-order valence-electron chi connectivity index (χ2n) is 9.55. The van der Waals surface area contributed by atoms with E-state index in [9.17, 15) is 23.6 Å². The average Bonchev–Trinajstić information content (AvgIpc) is 3.67. The van der Waals surface area contributed by atoms with Crippen molar-refractivity contribution in [3.63, 3.8) is 0 Å². The van der Waals surface area contributed by atoms with E-state index in [1.807, 2.05) is 13.0 Å². The van der Waals surface area contributed by atoms with Gasteiger partial charge in [-0.3, -0.25) is 14.3 Å². The third kappa shape index (κ3) is 8.06. The Morgan fingerprint density at radius 2 is 1.81 bits per heavy atom.